The monoisotopic (exact) mass is 256 g/mol. The molecule has 0 aromatic rings. The summed E-state index contributed by atoms with van der Waals surface area (Å²) in [6.45, 7) is 4.88. The van der Waals surface area contributed by atoms with Crippen LogP contribution in [0.3, 0.4) is 0 Å². The van der Waals surface area contributed by atoms with Gasteiger partial charge in [0.15, 0.2) is 0 Å². The summed E-state index contributed by atoms with van der Waals surface area (Å²) in [5, 5.41) is 1.81. The quantitative estimate of drug-likeness (QED) is 0.810. The summed E-state index contributed by atoms with van der Waals surface area (Å²) >= 11 is 0. The summed E-state index contributed by atoms with van der Waals surface area (Å²) in [6.07, 6.45) is -5.64. The molecule has 0 aliphatic rings. The third kappa shape index (κ3) is 7.84. The number of halogens is 3. The first-order valence-corrected chi connectivity index (χ1v) is 5.32. The number of ether oxygens (including phenoxy) is 1. The summed E-state index contributed by atoms with van der Waals surface area (Å²) in [5.41, 5.74) is 4.32. The molecule has 0 radical (unpaired) electrons. The van der Waals surface area contributed by atoms with Crippen LogP contribution in [0.1, 0.15) is 33.6 Å². The Bertz CT molecular complexity index is 249. The highest BCUT2D eigenvalue weighted by Gasteiger charge is 2.40. The lowest BCUT2D eigenvalue weighted by molar-refractivity contribution is -0.156. The van der Waals surface area contributed by atoms with Gasteiger partial charge in [-0.3, -0.25) is 0 Å². The molecule has 0 heterocycles. The van der Waals surface area contributed by atoms with Crippen molar-refractivity contribution in [2.24, 2.45) is 5.73 Å². The summed E-state index contributed by atoms with van der Waals surface area (Å²) < 4.78 is 42.3. The van der Waals surface area contributed by atoms with Crippen LogP contribution in [-0.2, 0) is 4.74 Å². The van der Waals surface area contributed by atoms with E-state index in [1.807, 2.05) is 0 Å². The van der Waals surface area contributed by atoms with E-state index >= 15 is 0 Å². The zero-order valence-corrected chi connectivity index (χ0v) is 10.2. The van der Waals surface area contributed by atoms with Crippen LogP contribution in [0.4, 0.5) is 18.0 Å². The fourth-order valence-electron chi connectivity index (χ4n) is 1.09. The molecule has 0 aromatic heterocycles. The molecule has 0 aliphatic heterocycles. The third-order valence-electron chi connectivity index (χ3n) is 1.78. The van der Waals surface area contributed by atoms with Gasteiger partial charge in [-0.15, -0.1) is 0 Å². The summed E-state index contributed by atoms with van der Waals surface area (Å²) in [4.78, 5) is 11.2. The molecule has 0 spiro atoms. The molecule has 0 saturated carbocycles. The predicted molar refractivity (Wildman–Crippen MR) is 57.5 cm³/mol. The lowest BCUT2D eigenvalue weighted by atomic mass is 10.1. The Kier molecular flexibility index (Phi) is 5.74. The van der Waals surface area contributed by atoms with Crippen LogP contribution in [-0.4, -0.2) is 30.5 Å². The minimum absolute atomic E-state index is 0.141. The maximum Gasteiger partial charge on any atom is 0.408 e. The molecule has 0 saturated heterocycles. The average molecular weight is 256 g/mol. The molecule has 1 atom stereocenters. The van der Waals surface area contributed by atoms with Gasteiger partial charge in [-0.25, -0.2) is 4.79 Å². The Morgan fingerprint density at radius 3 is 2.24 bits per heavy atom. The molecule has 1 unspecified atom stereocenters. The van der Waals surface area contributed by atoms with E-state index in [-0.39, 0.29) is 19.4 Å². The van der Waals surface area contributed by atoms with Crippen LogP contribution in [0, 0.1) is 0 Å². The lowest BCUT2D eigenvalue weighted by Crippen LogP contribution is -2.47. The zero-order chi connectivity index (χ0) is 13.7. The van der Waals surface area contributed by atoms with Crippen molar-refractivity contribution in [2.75, 3.05) is 6.54 Å². The number of rotatable bonds is 4. The highest BCUT2D eigenvalue weighted by atomic mass is 19.4. The van der Waals surface area contributed by atoms with E-state index in [1.165, 1.54) is 0 Å². The molecular weight excluding hydrogens is 237 g/mol. The minimum atomic E-state index is -4.49. The Morgan fingerprint density at radius 2 is 1.88 bits per heavy atom. The highest BCUT2D eigenvalue weighted by Crippen LogP contribution is 2.23. The Balaban J connectivity index is 4.39. The van der Waals surface area contributed by atoms with Crippen molar-refractivity contribution in [3.05, 3.63) is 0 Å². The van der Waals surface area contributed by atoms with Crippen LogP contribution in [0.25, 0.3) is 0 Å². The molecule has 3 N–H and O–H groups in total. The maximum absolute atomic E-state index is 12.5. The molecule has 0 rings (SSSR count). The summed E-state index contributed by atoms with van der Waals surface area (Å²) in [6, 6.07) is -1.92. The first kappa shape index (κ1) is 16.0. The van der Waals surface area contributed by atoms with Gasteiger partial charge in [-0.2, -0.15) is 13.2 Å². The van der Waals surface area contributed by atoms with Gasteiger partial charge in [0.25, 0.3) is 0 Å². The largest absolute Gasteiger partial charge is 0.444 e. The number of carbonyl (C=O) groups excluding carboxylic acids is 1. The van der Waals surface area contributed by atoms with Crippen molar-refractivity contribution in [1.82, 2.24) is 5.32 Å². The number of nitrogens with two attached hydrogens (primary N) is 1. The second-order valence-electron chi connectivity index (χ2n) is 4.67. The topological polar surface area (TPSA) is 64.3 Å². The van der Waals surface area contributed by atoms with Crippen LogP contribution in [0.15, 0.2) is 0 Å². The van der Waals surface area contributed by atoms with Crippen LogP contribution < -0.4 is 11.1 Å². The predicted octanol–water partition coefficient (Wildman–Crippen LogP) is 2.18. The standard InChI is InChI=1S/C10H19F3N2O2/c1-9(2,3)17-8(16)15-7(5-4-6-14)10(11,12)13/h7H,4-6,14H2,1-3H3,(H,15,16). The van der Waals surface area contributed by atoms with Crippen LogP contribution in [0.2, 0.25) is 0 Å². The number of hydrogen-bond acceptors (Lipinski definition) is 3. The van der Waals surface area contributed by atoms with Crippen molar-refractivity contribution < 1.29 is 22.7 Å². The molecule has 17 heavy (non-hydrogen) atoms. The van der Waals surface area contributed by atoms with Crippen LogP contribution in [0.5, 0.6) is 0 Å². The molecule has 4 nitrogen and oxygen atoms in total. The number of alkyl halides is 3. The summed E-state index contributed by atoms with van der Waals surface area (Å²) in [7, 11) is 0. The number of hydrogen-bond donors (Lipinski definition) is 2. The molecule has 0 aliphatic carbocycles. The van der Waals surface area contributed by atoms with Crippen molar-refractivity contribution in [1.29, 1.82) is 0 Å². The second kappa shape index (κ2) is 6.09. The molecule has 0 aromatic carbocycles. The smallest absolute Gasteiger partial charge is 0.408 e. The van der Waals surface area contributed by atoms with Gasteiger partial charge in [0.2, 0.25) is 0 Å². The zero-order valence-electron chi connectivity index (χ0n) is 10.2. The number of carbonyl (C=O) groups is 1. The lowest BCUT2D eigenvalue weighted by Gasteiger charge is -2.25. The third-order valence-corrected chi connectivity index (χ3v) is 1.78. The van der Waals surface area contributed by atoms with Gasteiger partial charge in [0.1, 0.15) is 11.6 Å². The van der Waals surface area contributed by atoms with Crippen LogP contribution >= 0.6 is 0 Å². The molecule has 7 heteroatoms. The number of nitrogens with one attached hydrogen (secondary N) is 1. The first-order chi connectivity index (χ1) is 7.56. The molecular formula is C10H19F3N2O2. The Morgan fingerprint density at radius 1 is 1.35 bits per heavy atom. The molecule has 0 fully saturated rings. The Labute approximate surface area is 98.7 Å². The van der Waals surface area contributed by atoms with E-state index in [0.717, 1.165) is 0 Å². The van der Waals surface area contributed by atoms with Crippen molar-refractivity contribution >= 4 is 6.09 Å². The fourth-order valence-corrected chi connectivity index (χ4v) is 1.09. The number of amides is 1. The maximum atomic E-state index is 12.5. The molecule has 0 bridgehead atoms. The minimum Gasteiger partial charge on any atom is -0.444 e. The SMILES string of the molecule is CC(C)(C)OC(=O)NC(CCCN)C(F)(F)F. The van der Waals surface area contributed by atoms with E-state index in [0.29, 0.717) is 0 Å². The van der Waals surface area contributed by atoms with Gasteiger partial charge in [0, 0.05) is 0 Å². The van der Waals surface area contributed by atoms with E-state index < -0.39 is 23.9 Å². The van der Waals surface area contributed by atoms with Gasteiger partial charge >= 0.3 is 12.3 Å². The number of alkyl carbamates (subject to hydrolysis) is 1. The van der Waals surface area contributed by atoms with Crippen molar-refractivity contribution in [3.8, 4) is 0 Å². The average Bonchev–Trinajstić information content (AvgIpc) is 2.07. The van der Waals surface area contributed by atoms with Gasteiger partial charge < -0.3 is 15.8 Å². The van der Waals surface area contributed by atoms with Crippen molar-refractivity contribution in [3.63, 3.8) is 0 Å². The van der Waals surface area contributed by atoms with Gasteiger partial charge in [-0.05, 0) is 40.2 Å². The fraction of sp³-hybridized carbons (Fsp3) is 0.900. The highest BCUT2D eigenvalue weighted by molar-refractivity contribution is 5.68. The van der Waals surface area contributed by atoms with E-state index in [9.17, 15) is 18.0 Å². The first-order valence-electron chi connectivity index (χ1n) is 5.32. The molecule has 1 amide bonds. The summed E-state index contributed by atoms with van der Waals surface area (Å²) in [5.74, 6) is 0. The van der Waals surface area contributed by atoms with Crippen molar-refractivity contribution in [2.45, 2.75) is 51.4 Å². The second-order valence-corrected chi connectivity index (χ2v) is 4.67. The van der Waals surface area contributed by atoms with E-state index in [4.69, 9.17) is 10.5 Å². The van der Waals surface area contributed by atoms with Gasteiger partial charge in [0.05, 0.1) is 0 Å². The van der Waals surface area contributed by atoms with Gasteiger partial charge in [-0.1, -0.05) is 0 Å². The molecule has 102 valence electrons. The Hall–Kier alpha value is -0.980. The van der Waals surface area contributed by atoms with E-state index in [2.05, 4.69) is 0 Å². The normalized spacial score (nSPS) is 14.3. The van der Waals surface area contributed by atoms with E-state index in [1.54, 1.807) is 26.1 Å².